The Labute approximate surface area is 124 Å². The molecule has 0 aliphatic heterocycles. The van der Waals surface area contributed by atoms with Gasteiger partial charge in [-0.25, -0.2) is 0 Å². The normalized spacial score (nSPS) is 12.4. The van der Waals surface area contributed by atoms with Crippen LogP contribution in [0, 0.1) is 0 Å². The van der Waals surface area contributed by atoms with Gasteiger partial charge < -0.3 is 5.73 Å². The highest BCUT2D eigenvalue weighted by Crippen LogP contribution is 2.25. The van der Waals surface area contributed by atoms with Crippen LogP contribution in [0.15, 0.2) is 42.5 Å². The van der Waals surface area contributed by atoms with Crippen molar-refractivity contribution in [3.05, 3.63) is 69.2 Å². The summed E-state index contributed by atoms with van der Waals surface area (Å²) in [5.74, 6) is 0. The molecule has 0 aromatic heterocycles. The van der Waals surface area contributed by atoms with E-state index in [0.29, 0.717) is 16.5 Å². The molecule has 1 atom stereocenters. The van der Waals surface area contributed by atoms with E-state index in [2.05, 4.69) is 31.2 Å². The van der Waals surface area contributed by atoms with Crippen LogP contribution in [0.25, 0.3) is 0 Å². The molecule has 0 aliphatic rings. The molecule has 19 heavy (non-hydrogen) atoms. The summed E-state index contributed by atoms with van der Waals surface area (Å²) >= 11 is 12.1. The molecule has 0 fully saturated rings. The summed E-state index contributed by atoms with van der Waals surface area (Å²) in [4.78, 5) is 0. The number of rotatable bonds is 4. The van der Waals surface area contributed by atoms with Crippen LogP contribution >= 0.6 is 23.2 Å². The lowest BCUT2D eigenvalue weighted by atomic mass is 9.97. The maximum atomic E-state index is 6.27. The van der Waals surface area contributed by atoms with Crippen LogP contribution in [0.5, 0.6) is 0 Å². The first-order chi connectivity index (χ1) is 9.10. The van der Waals surface area contributed by atoms with Gasteiger partial charge in [0.25, 0.3) is 0 Å². The Hall–Kier alpha value is -1.02. The molecule has 0 spiro atoms. The van der Waals surface area contributed by atoms with Crippen molar-refractivity contribution in [2.75, 3.05) is 0 Å². The smallest absolute Gasteiger partial charge is 0.0453 e. The van der Waals surface area contributed by atoms with Crippen molar-refractivity contribution in [3.63, 3.8) is 0 Å². The first kappa shape index (κ1) is 14.4. The van der Waals surface area contributed by atoms with Gasteiger partial charge in [-0.05, 0) is 41.7 Å². The Morgan fingerprint density at radius 2 is 1.89 bits per heavy atom. The Morgan fingerprint density at radius 1 is 1.11 bits per heavy atom. The third-order valence-electron chi connectivity index (χ3n) is 3.24. The van der Waals surface area contributed by atoms with Crippen molar-refractivity contribution in [1.82, 2.24) is 0 Å². The minimum Gasteiger partial charge on any atom is -0.324 e. The zero-order chi connectivity index (χ0) is 13.8. The largest absolute Gasteiger partial charge is 0.324 e. The molecular formula is C16H17Cl2N. The van der Waals surface area contributed by atoms with Gasteiger partial charge in [0.1, 0.15) is 0 Å². The van der Waals surface area contributed by atoms with Gasteiger partial charge in [-0.1, -0.05) is 60.5 Å². The van der Waals surface area contributed by atoms with Gasteiger partial charge in [0, 0.05) is 16.1 Å². The minimum atomic E-state index is -0.0508. The van der Waals surface area contributed by atoms with E-state index < -0.39 is 0 Å². The molecule has 1 nitrogen and oxygen atoms in total. The third-order valence-corrected chi connectivity index (χ3v) is 3.83. The van der Waals surface area contributed by atoms with E-state index in [9.17, 15) is 0 Å². The van der Waals surface area contributed by atoms with Crippen LogP contribution in [0.3, 0.4) is 0 Å². The maximum absolute atomic E-state index is 6.27. The second-order valence-electron chi connectivity index (χ2n) is 4.64. The molecule has 2 aromatic carbocycles. The van der Waals surface area contributed by atoms with Crippen molar-refractivity contribution < 1.29 is 0 Å². The average molecular weight is 294 g/mol. The molecule has 0 radical (unpaired) electrons. The van der Waals surface area contributed by atoms with Gasteiger partial charge in [0.15, 0.2) is 0 Å². The van der Waals surface area contributed by atoms with Crippen molar-refractivity contribution in [2.45, 2.75) is 25.8 Å². The predicted octanol–water partition coefficient (Wildman–Crippen LogP) is 4.80. The fraction of sp³-hybridized carbons (Fsp3) is 0.250. The van der Waals surface area contributed by atoms with Gasteiger partial charge in [0.05, 0.1) is 0 Å². The zero-order valence-corrected chi connectivity index (χ0v) is 12.4. The molecule has 0 heterocycles. The SMILES string of the molecule is CCc1cccc(C(N)Cc2ccc(Cl)cc2Cl)c1. The van der Waals surface area contributed by atoms with E-state index in [-0.39, 0.29) is 6.04 Å². The summed E-state index contributed by atoms with van der Waals surface area (Å²) in [6, 6.07) is 13.9. The van der Waals surface area contributed by atoms with Gasteiger partial charge in [-0.15, -0.1) is 0 Å². The molecule has 0 bridgehead atoms. The number of hydrogen-bond donors (Lipinski definition) is 1. The summed E-state index contributed by atoms with van der Waals surface area (Å²) in [6.07, 6.45) is 1.73. The van der Waals surface area contributed by atoms with Crippen molar-refractivity contribution >= 4 is 23.2 Å². The minimum absolute atomic E-state index is 0.0508. The fourth-order valence-corrected chi connectivity index (χ4v) is 2.57. The Morgan fingerprint density at radius 3 is 2.58 bits per heavy atom. The topological polar surface area (TPSA) is 26.0 Å². The first-order valence-electron chi connectivity index (χ1n) is 6.38. The van der Waals surface area contributed by atoms with Crippen molar-refractivity contribution in [1.29, 1.82) is 0 Å². The molecule has 0 amide bonds. The summed E-state index contributed by atoms with van der Waals surface area (Å²) in [5, 5.41) is 1.32. The summed E-state index contributed by atoms with van der Waals surface area (Å²) in [5.41, 5.74) is 9.74. The third kappa shape index (κ3) is 3.73. The highest BCUT2D eigenvalue weighted by molar-refractivity contribution is 6.35. The quantitative estimate of drug-likeness (QED) is 0.861. The molecule has 100 valence electrons. The van der Waals surface area contributed by atoms with Crippen LogP contribution in [-0.4, -0.2) is 0 Å². The monoisotopic (exact) mass is 293 g/mol. The Balaban J connectivity index is 2.17. The standard InChI is InChI=1S/C16H17Cl2N/c1-2-11-4-3-5-13(8-11)16(19)9-12-6-7-14(17)10-15(12)18/h3-8,10,16H,2,9,19H2,1H3. The lowest BCUT2D eigenvalue weighted by Gasteiger charge is -2.14. The van der Waals surface area contributed by atoms with E-state index in [1.54, 1.807) is 6.07 Å². The van der Waals surface area contributed by atoms with Crippen molar-refractivity contribution in [2.24, 2.45) is 5.73 Å². The van der Waals surface area contributed by atoms with E-state index in [1.807, 2.05) is 12.1 Å². The van der Waals surface area contributed by atoms with E-state index in [0.717, 1.165) is 17.5 Å². The fourth-order valence-electron chi connectivity index (χ4n) is 2.09. The van der Waals surface area contributed by atoms with E-state index in [4.69, 9.17) is 28.9 Å². The highest BCUT2D eigenvalue weighted by Gasteiger charge is 2.10. The van der Waals surface area contributed by atoms with E-state index in [1.165, 1.54) is 5.56 Å². The Bertz CT molecular complexity index is 566. The predicted molar refractivity (Wildman–Crippen MR) is 82.9 cm³/mol. The number of benzene rings is 2. The summed E-state index contributed by atoms with van der Waals surface area (Å²) in [7, 11) is 0. The second-order valence-corrected chi connectivity index (χ2v) is 5.49. The number of halogens is 2. The molecule has 3 heteroatoms. The molecule has 0 saturated carbocycles. The van der Waals surface area contributed by atoms with Gasteiger partial charge in [-0.3, -0.25) is 0 Å². The molecule has 2 aromatic rings. The summed E-state index contributed by atoms with van der Waals surface area (Å²) in [6.45, 7) is 2.14. The first-order valence-corrected chi connectivity index (χ1v) is 7.14. The Kier molecular flexibility index (Phi) is 4.87. The summed E-state index contributed by atoms with van der Waals surface area (Å²) < 4.78 is 0. The average Bonchev–Trinajstić information content (AvgIpc) is 2.42. The molecule has 0 aliphatic carbocycles. The number of hydrogen-bond acceptors (Lipinski definition) is 1. The van der Waals surface area contributed by atoms with Crippen LogP contribution in [-0.2, 0) is 12.8 Å². The van der Waals surface area contributed by atoms with Gasteiger partial charge in [-0.2, -0.15) is 0 Å². The lowest BCUT2D eigenvalue weighted by Crippen LogP contribution is -2.13. The van der Waals surface area contributed by atoms with Crippen LogP contribution < -0.4 is 5.73 Å². The molecule has 2 N–H and O–H groups in total. The van der Waals surface area contributed by atoms with Crippen LogP contribution in [0.1, 0.15) is 29.7 Å². The van der Waals surface area contributed by atoms with E-state index >= 15 is 0 Å². The highest BCUT2D eigenvalue weighted by atomic mass is 35.5. The van der Waals surface area contributed by atoms with Crippen LogP contribution in [0.2, 0.25) is 10.0 Å². The maximum Gasteiger partial charge on any atom is 0.0453 e. The number of aryl methyl sites for hydroxylation is 1. The van der Waals surface area contributed by atoms with Crippen LogP contribution in [0.4, 0.5) is 0 Å². The van der Waals surface area contributed by atoms with Gasteiger partial charge in [0.2, 0.25) is 0 Å². The zero-order valence-electron chi connectivity index (χ0n) is 10.9. The molecule has 1 unspecified atom stereocenters. The molecule has 2 rings (SSSR count). The number of nitrogens with two attached hydrogens (primary N) is 1. The second kappa shape index (κ2) is 6.42. The molecule has 0 saturated heterocycles. The van der Waals surface area contributed by atoms with Gasteiger partial charge >= 0.3 is 0 Å². The van der Waals surface area contributed by atoms with Crippen molar-refractivity contribution in [3.8, 4) is 0 Å². The lowest BCUT2D eigenvalue weighted by molar-refractivity contribution is 0.720. The molecular weight excluding hydrogens is 277 g/mol.